The van der Waals surface area contributed by atoms with Crippen molar-refractivity contribution >= 4 is 29.3 Å². The molecule has 1 aliphatic rings. The van der Waals surface area contributed by atoms with Crippen LogP contribution in [0.2, 0.25) is 5.02 Å². The minimum atomic E-state index is -0.686. The molecule has 1 aromatic carbocycles. The number of benzene rings is 1. The molecule has 0 atom stereocenters. The van der Waals surface area contributed by atoms with Crippen LogP contribution >= 0.6 is 11.6 Å². The SMILES string of the molecule is CCN1CCN(CC(=O)N(C)Cc2c(F)cccc2Cl)C(=O)C1=O. The number of likely N-dealkylation sites (N-methyl/N-ethyl adjacent to an activating group) is 2. The first kappa shape index (κ1) is 18.2. The molecule has 0 bridgehead atoms. The van der Waals surface area contributed by atoms with Crippen molar-refractivity contribution in [3.63, 3.8) is 0 Å². The highest BCUT2D eigenvalue weighted by Gasteiger charge is 2.33. The van der Waals surface area contributed by atoms with E-state index in [1.54, 1.807) is 13.0 Å². The van der Waals surface area contributed by atoms with Crippen LogP contribution in [-0.4, -0.2) is 65.6 Å². The largest absolute Gasteiger partial charge is 0.340 e. The Morgan fingerprint density at radius 3 is 2.50 bits per heavy atom. The van der Waals surface area contributed by atoms with Crippen molar-refractivity contribution in [2.24, 2.45) is 0 Å². The summed E-state index contributed by atoms with van der Waals surface area (Å²) in [6, 6.07) is 4.30. The molecule has 0 spiro atoms. The lowest BCUT2D eigenvalue weighted by atomic mass is 10.2. The van der Waals surface area contributed by atoms with Crippen molar-refractivity contribution in [1.82, 2.24) is 14.7 Å². The topological polar surface area (TPSA) is 60.9 Å². The Labute approximate surface area is 144 Å². The summed E-state index contributed by atoms with van der Waals surface area (Å²) in [5.41, 5.74) is 0.216. The lowest BCUT2D eigenvalue weighted by Gasteiger charge is -2.33. The van der Waals surface area contributed by atoms with E-state index in [0.29, 0.717) is 19.6 Å². The molecular weight excluding hydrogens is 337 g/mol. The van der Waals surface area contributed by atoms with Gasteiger partial charge in [0.15, 0.2) is 0 Å². The summed E-state index contributed by atoms with van der Waals surface area (Å²) in [4.78, 5) is 40.1. The van der Waals surface area contributed by atoms with Crippen LogP contribution in [0.5, 0.6) is 0 Å². The van der Waals surface area contributed by atoms with Gasteiger partial charge in [-0.15, -0.1) is 0 Å². The van der Waals surface area contributed by atoms with Crippen LogP contribution in [0, 0.1) is 5.82 Å². The zero-order valence-electron chi connectivity index (χ0n) is 13.6. The van der Waals surface area contributed by atoms with Crippen LogP contribution in [0.15, 0.2) is 18.2 Å². The Balaban J connectivity index is 1.99. The van der Waals surface area contributed by atoms with E-state index in [1.165, 1.54) is 33.9 Å². The van der Waals surface area contributed by atoms with Gasteiger partial charge in [0.25, 0.3) is 0 Å². The zero-order chi connectivity index (χ0) is 17.9. The highest BCUT2D eigenvalue weighted by atomic mass is 35.5. The normalized spacial score (nSPS) is 15.0. The maximum absolute atomic E-state index is 13.8. The van der Waals surface area contributed by atoms with E-state index in [-0.39, 0.29) is 29.6 Å². The second kappa shape index (κ2) is 7.61. The molecule has 1 saturated heterocycles. The molecular formula is C16H19ClFN3O3. The third-order valence-corrected chi connectivity index (χ3v) is 4.34. The Morgan fingerprint density at radius 2 is 1.88 bits per heavy atom. The molecule has 1 fully saturated rings. The molecule has 0 aliphatic carbocycles. The van der Waals surface area contributed by atoms with E-state index < -0.39 is 17.6 Å². The van der Waals surface area contributed by atoms with E-state index in [0.717, 1.165) is 0 Å². The van der Waals surface area contributed by atoms with Crippen molar-refractivity contribution in [2.75, 3.05) is 33.2 Å². The van der Waals surface area contributed by atoms with Gasteiger partial charge in [-0.2, -0.15) is 0 Å². The fraction of sp³-hybridized carbons (Fsp3) is 0.438. The highest BCUT2D eigenvalue weighted by molar-refractivity contribution is 6.35. The van der Waals surface area contributed by atoms with Crippen LogP contribution in [-0.2, 0) is 20.9 Å². The maximum Gasteiger partial charge on any atom is 0.312 e. The number of rotatable bonds is 5. The fourth-order valence-electron chi connectivity index (χ4n) is 2.46. The van der Waals surface area contributed by atoms with Gasteiger partial charge in [-0.3, -0.25) is 14.4 Å². The number of amides is 3. The molecule has 0 N–H and O–H groups in total. The third kappa shape index (κ3) is 3.84. The average molecular weight is 356 g/mol. The minimum absolute atomic E-state index is 0.0125. The molecule has 0 radical (unpaired) electrons. The first-order valence-corrected chi connectivity index (χ1v) is 7.98. The van der Waals surface area contributed by atoms with Gasteiger partial charge >= 0.3 is 11.8 Å². The average Bonchev–Trinajstić information content (AvgIpc) is 2.55. The first-order chi connectivity index (χ1) is 11.3. The number of carbonyl (C=O) groups is 3. The summed E-state index contributed by atoms with van der Waals surface area (Å²) in [6.07, 6.45) is 0. The monoisotopic (exact) mass is 355 g/mol. The lowest BCUT2D eigenvalue weighted by molar-refractivity contribution is -0.157. The van der Waals surface area contributed by atoms with E-state index in [4.69, 9.17) is 11.6 Å². The first-order valence-electron chi connectivity index (χ1n) is 7.60. The smallest absolute Gasteiger partial charge is 0.312 e. The number of hydrogen-bond donors (Lipinski definition) is 0. The molecule has 3 amide bonds. The zero-order valence-corrected chi connectivity index (χ0v) is 14.3. The standard InChI is InChI=1S/C16H19ClFN3O3/c1-3-20-7-8-21(16(24)15(20)23)10-14(22)19(2)9-11-12(17)5-4-6-13(11)18/h4-6H,3,7-10H2,1-2H3. The third-order valence-electron chi connectivity index (χ3n) is 3.99. The Hall–Kier alpha value is -2.15. The van der Waals surface area contributed by atoms with Crippen LogP contribution < -0.4 is 0 Å². The van der Waals surface area contributed by atoms with Gasteiger partial charge in [0.05, 0.1) is 0 Å². The molecule has 2 rings (SSSR count). The molecule has 0 unspecified atom stereocenters. The van der Waals surface area contributed by atoms with Gasteiger partial charge in [0.2, 0.25) is 5.91 Å². The molecule has 1 heterocycles. The van der Waals surface area contributed by atoms with E-state index >= 15 is 0 Å². The Morgan fingerprint density at radius 1 is 1.25 bits per heavy atom. The number of carbonyl (C=O) groups excluding carboxylic acids is 3. The summed E-state index contributed by atoms with van der Waals surface area (Å²) >= 11 is 5.95. The van der Waals surface area contributed by atoms with Crippen LogP contribution in [0.1, 0.15) is 12.5 Å². The molecule has 0 saturated carbocycles. The summed E-state index contributed by atoms with van der Waals surface area (Å²) < 4.78 is 13.8. The second-order valence-corrected chi connectivity index (χ2v) is 5.97. The number of nitrogens with zero attached hydrogens (tertiary/aromatic N) is 3. The van der Waals surface area contributed by atoms with E-state index in [9.17, 15) is 18.8 Å². The molecule has 130 valence electrons. The fourth-order valence-corrected chi connectivity index (χ4v) is 2.68. The summed E-state index contributed by atoms with van der Waals surface area (Å²) in [5, 5.41) is 0.234. The molecule has 8 heteroatoms. The van der Waals surface area contributed by atoms with Crippen molar-refractivity contribution in [2.45, 2.75) is 13.5 Å². The van der Waals surface area contributed by atoms with Crippen LogP contribution in [0.3, 0.4) is 0 Å². The van der Waals surface area contributed by atoms with Crippen molar-refractivity contribution in [3.8, 4) is 0 Å². The van der Waals surface area contributed by atoms with Crippen LogP contribution in [0.25, 0.3) is 0 Å². The molecule has 24 heavy (non-hydrogen) atoms. The lowest BCUT2D eigenvalue weighted by Crippen LogP contribution is -2.56. The van der Waals surface area contributed by atoms with Crippen molar-refractivity contribution in [3.05, 3.63) is 34.6 Å². The Bertz CT molecular complexity index is 648. The van der Waals surface area contributed by atoms with Gasteiger partial charge in [-0.1, -0.05) is 17.7 Å². The number of hydrogen-bond acceptors (Lipinski definition) is 3. The predicted molar refractivity (Wildman–Crippen MR) is 86.7 cm³/mol. The molecule has 6 nitrogen and oxygen atoms in total. The van der Waals surface area contributed by atoms with Gasteiger partial charge < -0.3 is 14.7 Å². The molecule has 1 aromatic rings. The van der Waals surface area contributed by atoms with Gasteiger partial charge in [0, 0.05) is 43.8 Å². The van der Waals surface area contributed by atoms with Crippen molar-refractivity contribution < 1.29 is 18.8 Å². The minimum Gasteiger partial charge on any atom is -0.340 e. The quantitative estimate of drug-likeness (QED) is 0.744. The van der Waals surface area contributed by atoms with Gasteiger partial charge in [0.1, 0.15) is 12.4 Å². The Kier molecular flexibility index (Phi) is 5.77. The van der Waals surface area contributed by atoms with Gasteiger partial charge in [-0.05, 0) is 19.1 Å². The van der Waals surface area contributed by atoms with E-state index in [1.807, 2.05) is 0 Å². The summed E-state index contributed by atoms with van der Waals surface area (Å²) in [6.45, 7) is 2.72. The van der Waals surface area contributed by atoms with Crippen LogP contribution in [0.4, 0.5) is 4.39 Å². The van der Waals surface area contributed by atoms with E-state index in [2.05, 4.69) is 0 Å². The maximum atomic E-state index is 13.8. The molecule has 0 aromatic heterocycles. The summed E-state index contributed by atoms with van der Waals surface area (Å²) in [7, 11) is 1.50. The number of piperazine rings is 1. The van der Waals surface area contributed by atoms with Gasteiger partial charge in [-0.25, -0.2) is 4.39 Å². The second-order valence-electron chi connectivity index (χ2n) is 5.56. The summed E-state index contributed by atoms with van der Waals surface area (Å²) in [5.74, 6) is -2.17. The predicted octanol–water partition coefficient (Wildman–Crippen LogP) is 1.13. The molecule has 1 aliphatic heterocycles. The van der Waals surface area contributed by atoms with Crippen molar-refractivity contribution in [1.29, 1.82) is 0 Å². The number of halogens is 2. The highest BCUT2D eigenvalue weighted by Crippen LogP contribution is 2.20.